The van der Waals surface area contributed by atoms with E-state index in [1.807, 2.05) is 59.3 Å². The number of fused-ring (bicyclic) bond motifs is 1. The average Bonchev–Trinajstić information content (AvgIpc) is 2.99. The first-order valence-corrected chi connectivity index (χ1v) is 10.6. The number of amides is 3. The van der Waals surface area contributed by atoms with E-state index in [9.17, 15) is 9.59 Å². The molecule has 2 aromatic heterocycles. The van der Waals surface area contributed by atoms with Crippen molar-refractivity contribution in [1.29, 1.82) is 0 Å². The van der Waals surface area contributed by atoms with Gasteiger partial charge in [-0.3, -0.25) is 4.79 Å². The molecule has 0 aliphatic carbocycles. The Labute approximate surface area is 173 Å². The van der Waals surface area contributed by atoms with Crippen LogP contribution in [0.4, 0.5) is 4.79 Å². The van der Waals surface area contributed by atoms with Crippen LogP contribution in [0.2, 0.25) is 0 Å². The van der Waals surface area contributed by atoms with Crippen molar-refractivity contribution in [3.63, 3.8) is 0 Å². The van der Waals surface area contributed by atoms with E-state index < -0.39 is 6.03 Å². The van der Waals surface area contributed by atoms with Gasteiger partial charge in [-0.05, 0) is 42.8 Å². The molecule has 2 N–H and O–H groups in total. The molecule has 1 aliphatic rings. The molecular formula is C21H23N5O2S. The lowest BCUT2D eigenvalue weighted by Gasteiger charge is -2.21. The summed E-state index contributed by atoms with van der Waals surface area (Å²) in [5.41, 5.74) is 7.98. The number of pyridine rings is 1. The predicted molar refractivity (Wildman–Crippen MR) is 113 cm³/mol. The molecule has 0 atom stereocenters. The number of hydrogen-bond acceptors (Lipinski definition) is 4. The summed E-state index contributed by atoms with van der Waals surface area (Å²) in [6.07, 6.45) is 4.76. The van der Waals surface area contributed by atoms with Crippen LogP contribution in [0.5, 0.6) is 0 Å². The molecule has 1 aromatic carbocycles. The summed E-state index contributed by atoms with van der Waals surface area (Å²) < 4.78 is 2.01. The number of urea groups is 1. The molecule has 1 aliphatic heterocycles. The fourth-order valence-corrected chi connectivity index (χ4v) is 4.21. The molecule has 29 heavy (non-hydrogen) atoms. The maximum Gasteiger partial charge on any atom is 0.314 e. The van der Waals surface area contributed by atoms with Gasteiger partial charge in [0.05, 0.1) is 5.69 Å². The van der Waals surface area contributed by atoms with Crippen molar-refractivity contribution in [2.24, 2.45) is 5.73 Å². The first-order chi connectivity index (χ1) is 14.1. The van der Waals surface area contributed by atoms with E-state index in [0.717, 1.165) is 28.4 Å². The van der Waals surface area contributed by atoms with Crippen molar-refractivity contribution in [2.45, 2.75) is 17.1 Å². The third kappa shape index (κ3) is 4.54. The number of primary amides is 1. The number of imidazole rings is 1. The van der Waals surface area contributed by atoms with Crippen LogP contribution in [0, 0.1) is 0 Å². The zero-order valence-electron chi connectivity index (χ0n) is 16.0. The van der Waals surface area contributed by atoms with Crippen LogP contribution in [-0.4, -0.2) is 57.3 Å². The highest BCUT2D eigenvalue weighted by molar-refractivity contribution is 7.98. The second-order valence-corrected chi connectivity index (χ2v) is 8.03. The molecule has 4 rings (SSSR count). The minimum absolute atomic E-state index is 0.00628. The number of carbonyl (C=O) groups excluding carboxylic acids is 2. The molecule has 3 heterocycles. The molecule has 1 saturated heterocycles. The summed E-state index contributed by atoms with van der Waals surface area (Å²) in [6.45, 7) is 2.21. The van der Waals surface area contributed by atoms with Gasteiger partial charge >= 0.3 is 6.03 Å². The highest BCUT2D eigenvalue weighted by Crippen LogP contribution is 2.23. The number of thioether (sulfide) groups is 1. The van der Waals surface area contributed by atoms with Gasteiger partial charge in [0, 0.05) is 54.8 Å². The van der Waals surface area contributed by atoms with E-state index in [4.69, 9.17) is 5.73 Å². The summed E-state index contributed by atoms with van der Waals surface area (Å²) in [4.78, 5) is 33.2. The van der Waals surface area contributed by atoms with E-state index >= 15 is 0 Å². The molecular weight excluding hydrogens is 386 g/mol. The second kappa shape index (κ2) is 8.57. The Balaban J connectivity index is 1.35. The average molecular weight is 410 g/mol. The Bertz CT molecular complexity index is 984. The Hall–Kier alpha value is -3.00. The second-order valence-electron chi connectivity index (χ2n) is 6.98. The molecule has 7 nitrogen and oxygen atoms in total. The predicted octanol–water partition coefficient (Wildman–Crippen LogP) is 2.85. The van der Waals surface area contributed by atoms with Gasteiger partial charge in [0.25, 0.3) is 5.91 Å². The lowest BCUT2D eigenvalue weighted by Crippen LogP contribution is -2.39. The van der Waals surface area contributed by atoms with Crippen LogP contribution in [-0.2, 0) is 5.75 Å². The smallest absolute Gasteiger partial charge is 0.314 e. The molecule has 1 fully saturated rings. The Morgan fingerprint density at radius 2 is 1.76 bits per heavy atom. The molecule has 0 unspecified atom stereocenters. The number of carbonyl (C=O) groups is 2. The lowest BCUT2D eigenvalue weighted by atomic mass is 10.2. The van der Waals surface area contributed by atoms with E-state index in [1.54, 1.807) is 21.6 Å². The van der Waals surface area contributed by atoms with Gasteiger partial charge in [0.1, 0.15) is 5.65 Å². The highest BCUT2D eigenvalue weighted by Gasteiger charge is 2.21. The first kappa shape index (κ1) is 19.3. The van der Waals surface area contributed by atoms with Crippen LogP contribution >= 0.6 is 11.8 Å². The zero-order valence-corrected chi connectivity index (χ0v) is 16.8. The monoisotopic (exact) mass is 409 g/mol. The number of rotatable bonds is 4. The third-order valence-electron chi connectivity index (χ3n) is 5.00. The molecule has 8 heteroatoms. The number of nitrogens with zero attached hydrogens (tertiary/aromatic N) is 4. The largest absolute Gasteiger partial charge is 0.351 e. The van der Waals surface area contributed by atoms with Gasteiger partial charge in [0.2, 0.25) is 0 Å². The van der Waals surface area contributed by atoms with Crippen LogP contribution in [0.15, 0.2) is 59.8 Å². The standard InChI is InChI=1S/C21H23N5O2S/c22-21(28)25-11-3-10-24(12-13-25)20(27)16-5-7-18(8-6-16)29-15-17-14-26-9-2-1-4-19(26)23-17/h1-2,4-9,14H,3,10-13,15H2,(H2,22,28). The van der Waals surface area contributed by atoms with Crippen LogP contribution in [0.25, 0.3) is 5.65 Å². The normalized spacial score (nSPS) is 14.8. The quantitative estimate of drug-likeness (QED) is 0.672. The fraction of sp³-hybridized carbons (Fsp3) is 0.286. The van der Waals surface area contributed by atoms with Gasteiger partial charge in [0.15, 0.2) is 0 Å². The molecule has 150 valence electrons. The lowest BCUT2D eigenvalue weighted by molar-refractivity contribution is 0.0762. The summed E-state index contributed by atoms with van der Waals surface area (Å²) in [7, 11) is 0. The number of aromatic nitrogens is 2. The van der Waals surface area contributed by atoms with Gasteiger partial charge in [-0.15, -0.1) is 11.8 Å². The van der Waals surface area contributed by atoms with Crippen LogP contribution in [0.3, 0.4) is 0 Å². The summed E-state index contributed by atoms with van der Waals surface area (Å²) in [6, 6.07) is 13.2. The van der Waals surface area contributed by atoms with Crippen molar-refractivity contribution >= 4 is 29.3 Å². The zero-order chi connectivity index (χ0) is 20.2. The van der Waals surface area contributed by atoms with Crippen molar-refractivity contribution in [2.75, 3.05) is 26.2 Å². The van der Waals surface area contributed by atoms with Gasteiger partial charge in [-0.1, -0.05) is 6.07 Å². The van der Waals surface area contributed by atoms with E-state index in [0.29, 0.717) is 31.7 Å². The minimum atomic E-state index is -0.425. The summed E-state index contributed by atoms with van der Waals surface area (Å²) >= 11 is 1.69. The topological polar surface area (TPSA) is 83.9 Å². The minimum Gasteiger partial charge on any atom is -0.351 e. The molecule has 0 spiro atoms. The van der Waals surface area contributed by atoms with Crippen molar-refractivity contribution in [1.82, 2.24) is 19.2 Å². The molecule has 3 amide bonds. The van der Waals surface area contributed by atoms with Gasteiger partial charge < -0.3 is 19.9 Å². The van der Waals surface area contributed by atoms with E-state index in [1.165, 1.54) is 0 Å². The SMILES string of the molecule is NC(=O)N1CCCN(C(=O)c2ccc(SCc3cn4ccccc4n3)cc2)CC1. The maximum atomic E-state index is 12.8. The van der Waals surface area contributed by atoms with Crippen molar-refractivity contribution < 1.29 is 9.59 Å². The van der Waals surface area contributed by atoms with Crippen molar-refractivity contribution in [3.8, 4) is 0 Å². The van der Waals surface area contributed by atoms with Crippen LogP contribution < -0.4 is 5.73 Å². The van der Waals surface area contributed by atoms with E-state index in [-0.39, 0.29) is 5.91 Å². The molecule has 3 aromatic rings. The van der Waals surface area contributed by atoms with Gasteiger partial charge in [-0.2, -0.15) is 0 Å². The molecule has 0 radical (unpaired) electrons. The fourth-order valence-electron chi connectivity index (χ4n) is 3.43. The number of hydrogen-bond donors (Lipinski definition) is 1. The summed E-state index contributed by atoms with van der Waals surface area (Å²) in [5, 5.41) is 0. The summed E-state index contributed by atoms with van der Waals surface area (Å²) in [5.74, 6) is 0.762. The Morgan fingerprint density at radius 3 is 2.52 bits per heavy atom. The van der Waals surface area contributed by atoms with Gasteiger partial charge in [-0.25, -0.2) is 9.78 Å². The number of nitrogens with two attached hydrogens (primary N) is 1. The Kier molecular flexibility index (Phi) is 5.71. The number of benzene rings is 1. The highest BCUT2D eigenvalue weighted by atomic mass is 32.2. The maximum absolute atomic E-state index is 12.8. The Morgan fingerprint density at radius 1 is 1.00 bits per heavy atom. The van der Waals surface area contributed by atoms with E-state index in [2.05, 4.69) is 4.98 Å². The molecule has 0 bridgehead atoms. The van der Waals surface area contributed by atoms with Crippen molar-refractivity contribution in [3.05, 3.63) is 66.1 Å². The third-order valence-corrected chi connectivity index (χ3v) is 6.04. The van der Waals surface area contributed by atoms with Crippen LogP contribution in [0.1, 0.15) is 22.5 Å². The molecule has 0 saturated carbocycles. The first-order valence-electron chi connectivity index (χ1n) is 9.59.